The average molecular weight is 718 g/mol. The quantitative estimate of drug-likeness (QED) is 0.0826. The third-order valence-corrected chi connectivity index (χ3v) is 9.84. The molecule has 6 aromatic rings. The van der Waals surface area contributed by atoms with E-state index in [1.54, 1.807) is 42.5 Å². The number of azo groups is 2. The Bertz CT molecular complexity index is 2650. The Balaban J connectivity index is 1.45. The van der Waals surface area contributed by atoms with E-state index in [0.717, 1.165) is 12.1 Å². The van der Waals surface area contributed by atoms with Gasteiger partial charge in [-0.25, -0.2) is 0 Å². The number of fused-ring (bicyclic) bond motifs is 2. The first-order chi connectivity index (χ1) is 23.2. The standard InChI is InChI=1S/C32H23N5O9S3/c38-47(39,40)22-11-9-21(10-12-22)34-35-29-16-15-27(24-14-13-23(19-26(24)29)48(41,42)43)36-37-28-17-18-30(33-20-5-2-1-3-6-20)32-25(28)7-4-8-31(32)49(44,45)46/h1-19,33H,(H,38,39,40)(H,41,42,43)(H,44,45,46)/b35-34+,37-36+. The molecule has 17 heteroatoms. The van der Waals surface area contributed by atoms with Crippen LogP contribution in [0.3, 0.4) is 0 Å². The Kier molecular flexibility index (Phi) is 8.80. The van der Waals surface area contributed by atoms with E-state index in [4.69, 9.17) is 0 Å². The van der Waals surface area contributed by atoms with Crippen LogP contribution in [0.1, 0.15) is 0 Å². The smallest absolute Gasteiger partial charge is 0.295 e. The zero-order valence-corrected chi connectivity index (χ0v) is 27.2. The summed E-state index contributed by atoms with van der Waals surface area (Å²) in [7, 11) is -13.7. The summed E-state index contributed by atoms with van der Waals surface area (Å²) >= 11 is 0. The van der Waals surface area contributed by atoms with Crippen LogP contribution in [-0.4, -0.2) is 38.9 Å². The predicted octanol–water partition coefficient (Wildman–Crippen LogP) is 8.31. The molecule has 6 rings (SSSR count). The maximum atomic E-state index is 12.4. The lowest BCUT2D eigenvalue weighted by atomic mass is 10.1. The van der Waals surface area contributed by atoms with Gasteiger partial charge in [-0.05, 0) is 78.9 Å². The summed E-state index contributed by atoms with van der Waals surface area (Å²) in [5, 5.41) is 21.3. The number of benzene rings is 6. The van der Waals surface area contributed by atoms with E-state index in [2.05, 4.69) is 25.8 Å². The minimum atomic E-state index is -4.65. The molecule has 0 heterocycles. The molecule has 0 aliphatic carbocycles. The van der Waals surface area contributed by atoms with E-state index in [9.17, 15) is 38.9 Å². The average Bonchev–Trinajstić information content (AvgIpc) is 3.06. The van der Waals surface area contributed by atoms with Gasteiger partial charge in [0.25, 0.3) is 30.4 Å². The van der Waals surface area contributed by atoms with Crippen molar-refractivity contribution in [1.82, 2.24) is 0 Å². The van der Waals surface area contributed by atoms with Crippen LogP contribution in [0.4, 0.5) is 34.1 Å². The van der Waals surface area contributed by atoms with E-state index in [1.165, 1.54) is 54.6 Å². The summed E-state index contributed by atoms with van der Waals surface area (Å²) in [6.07, 6.45) is 0. The molecule has 0 bridgehead atoms. The summed E-state index contributed by atoms with van der Waals surface area (Å²) < 4.78 is 100. The van der Waals surface area contributed by atoms with Crippen LogP contribution in [-0.2, 0) is 30.4 Å². The fourth-order valence-electron chi connectivity index (χ4n) is 4.98. The molecule has 248 valence electrons. The van der Waals surface area contributed by atoms with Gasteiger partial charge in [-0.1, -0.05) is 36.4 Å². The zero-order chi connectivity index (χ0) is 35.0. The molecule has 0 aromatic heterocycles. The molecule has 0 aliphatic heterocycles. The minimum Gasteiger partial charge on any atom is -0.355 e. The lowest BCUT2D eigenvalue weighted by Crippen LogP contribution is -2.01. The molecule has 49 heavy (non-hydrogen) atoms. The third kappa shape index (κ3) is 7.36. The number of nitrogens with one attached hydrogen (secondary N) is 1. The largest absolute Gasteiger partial charge is 0.355 e. The van der Waals surface area contributed by atoms with Gasteiger partial charge in [0, 0.05) is 32.9 Å². The van der Waals surface area contributed by atoms with Crippen LogP contribution in [0.2, 0.25) is 0 Å². The highest BCUT2D eigenvalue weighted by Gasteiger charge is 2.19. The van der Waals surface area contributed by atoms with Crippen LogP contribution in [0.25, 0.3) is 21.5 Å². The molecule has 4 N–H and O–H groups in total. The number of hydrogen-bond acceptors (Lipinski definition) is 11. The normalized spacial score (nSPS) is 12.7. The van der Waals surface area contributed by atoms with Gasteiger partial charge < -0.3 is 5.32 Å². The highest BCUT2D eigenvalue weighted by atomic mass is 32.2. The van der Waals surface area contributed by atoms with E-state index in [-0.39, 0.29) is 43.3 Å². The van der Waals surface area contributed by atoms with Gasteiger partial charge >= 0.3 is 0 Å². The summed E-state index contributed by atoms with van der Waals surface area (Å²) in [5.74, 6) is 0. The zero-order valence-electron chi connectivity index (χ0n) is 24.8. The van der Waals surface area contributed by atoms with E-state index < -0.39 is 35.2 Å². The maximum Gasteiger partial charge on any atom is 0.295 e. The number of hydrogen-bond donors (Lipinski definition) is 4. The fraction of sp³-hybridized carbons (Fsp3) is 0. The fourth-order valence-corrected chi connectivity index (χ4v) is 6.69. The maximum absolute atomic E-state index is 12.4. The molecule has 0 atom stereocenters. The van der Waals surface area contributed by atoms with Gasteiger partial charge in [0.1, 0.15) is 4.90 Å². The summed E-state index contributed by atoms with van der Waals surface area (Å²) in [6.45, 7) is 0. The molecule has 0 saturated heterocycles. The second-order valence-electron chi connectivity index (χ2n) is 10.4. The highest BCUT2D eigenvalue weighted by molar-refractivity contribution is 7.86. The minimum absolute atomic E-state index is 0.165. The van der Waals surface area contributed by atoms with Crippen molar-refractivity contribution in [2.75, 3.05) is 5.32 Å². The summed E-state index contributed by atoms with van der Waals surface area (Å²) in [4.78, 5) is -1.10. The number of rotatable bonds is 9. The Morgan fingerprint density at radius 1 is 0.469 bits per heavy atom. The van der Waals surface area contributed by atoms with Gasteiger partial charge in [0.05, 0.1) is 32.5 Å². The number of nitrogens with zero attached hydrogens (tertiary/aromatic N) is 4. The summed E-state index contributed by atoms with van der Waals surface area (Å²) in [5.41, 5.74) is 1.94. The predicted molar refractivity (Wildman–Crippen MR) is 182 cm³/mol. The van der Waals surface area contributed by atoms with Crippen LogP contribution in [0, 0.1) is 0 Å². The first-order valence-corrected chi connectivity index (χ1v) is 18.3. The SMILES string of the molecule is O=S(=O)(O)c1ccc(/N=N/c2ccc(/N=N/c3ccc(Nc4ccccc4)c4c(S(=O)(=O)O)cccc34)c3ccc(S(=O)(=O)O)cc23)cc1. The van der Waals surface area contributed by atoms with Crippen molar-refractivity contribution in [2.45, 2.75) is 14.7 Å². The number of anilines is 2. The van der Waals surface area contributed by atoms with Crippen LogP contribution < -0.4 is 5.32 Å². The van der Waals surface area contributed by atoms with Crippen molar-refractivity contribution in [3.8, 4) is 0 Å². The van der Waals surface area contributed by atoms with Crippen molar-refractivity contribution < 1.29 is 38.9 Å². The van der Waals surface area contributed by atoms with Crippen molar-refractivity contribution in [3.63, 3.8) is 0 Å². The molecule has 0 radical (unpaired) electrons. The summed E-state index contributed by atoms with van der Waals surface area (Å²) in [6, 6.07) is 28.2. The monoisotopic (exact) mass is 717 g/mol. The Labute approximate surface area is 279 Å². The van der Waals surface area contributed by atoms with Crippen LogP contribution >= 0.6 is 0 Å². The van der Waals surface area contributed by atoms with E-state index in [0.29, 0.717) is 22.1 Å². The second kappa shape index (κ2) is 12.9. The molecule has 14 nitrogen and oxygen atoms in total. The molecule has 0 amide bonds. The number of para-hydroxylation sites is 1. The molecule has 0 saturated carbocycles. The first kappa shape index (κ1) is 33.5. The highest BCUT2D eigenvalue weighted by Crippen LogP contribution is 2.40. The Morgan fingerprint density at radius 2 is 1.04 bits per heavy atom. The van der Waals surface area contributed by atoms with Crippen molar-refractivity contribution >= 4 is 86.0 Å². The van der Waals surface area contributed by atoms with Gasteiger partial charge in [-0.2, -0.15) is 30.4 Å². The van der Waals surface area contributed by atoms with Gasteiger partial charge in [0.15, 0.2) is 0 Å². The molecule has 0 fully saturated rings. The van der Waals surface area contributed by atoms with Crippen molar-refractivity contribution in [1.29, 1.82) is 0 Å². The Morgan fingerprint density at radius 3 is 1.67 bits per heavy atom. The van der Waals surface area contributed by atoms with Crippen LogP contribution in [0.5, 0.6) is 0 Å². The topological polar surface area (TPSA) is 225 Å². The lowest BCUT2D eigenvalue weighted by molar-refractivity contribution is 0.481. The molecule has 0 aliphatic rings. The Hall–Kier alpha value is -5.43. The van der Waals surface area contributed by atoms with E-state index >= 15 is 0 Å². The third-order valence-electron chi connectivity index (χ3n) is 7.22. The second-order valence-corrected chi connectivity index (χ2v) is 14.7. The first-order valence-electron chi connectivity index (χ1n) is 14.0. The molecule has 0 unspecified atom stereocenters. The van der Waals surface area contributed by atoms with Crippen LogP contribution in [0.15, 0.2) is 150 Å². The van der Waals surface area contributed by atoms with Gasteiger partial charge in [-0.3, -0.25) is 13.7 Å². The van der Waals surface area contributed by atoms with Gasteiger partial charge in [-0.15, -0.1) is 15.3 Å². The molecule has 0 spiro atoms. The molecular weight excluding hydrogens is 695 g/mol. The molecular formula is C32H23N5O9S3. The van der Waals surface area contributed by atoms with E-state index in [1.807, 2.05) is 6.07 Å². The van der Waals surface area contributed by atoms with Gasteiger partial charge in [0.2, 0.25) is 0 Å². The molecule has 6 aromatic carbocycles. The van der Waals surface area contributed by atoms with Crippen molar-refractivity contribution in [2.24, 2.45) is 20.5 Å². The van der Waals surface area contributed by atoms with Crippen molar-refractivity contribution in [3.05, 3.63) is 115 Å². The lowest BCUT2D eigenvalue weighted by Gasteiger charge is -2.14.